The molecule has 31 heavy (non-hydrogen) atoms. The second-order valence-corrected chi connectivity index (χ2v) is 10.4. The van der Waals surface area contributed by atoms with Crippen molar-refractivity contribution in [3.63, 3.8) is 0 Å². The Morgan fingerprint density at radius 2 is 2.00 bits per heavy atom. The molecule has 6 nitrogen and oxygen atoms in total. The Balaban J connectivity index is 1.46. The van der Waals surface area contributed by atoms with E-state index in [1.165, 1.54) is 37.0 Å². The van der Waals surface area contributed by atoms with Gasteiger partial charge in [0.15, 0.2) is 5.16 Å². The van der Waals surface area contributed by atoms with Crippen LogP contribution in [0.15, 0.2) is 51.7 Å². The van der Waals surface area contributed by atoms with E-state index in [-0.39, 0.29) is 10.8 Å². The number of para-hydroxylation sites is 1. The summed E-state index contributed by atoms with van der Waals surface area (Å²) in [7, 11) is 0. The summed E-state index contributed by atoms with van der Waals surface area (Å²) in [6, 6.07) is 12.1. The van der Waals surface area contributed by atoms with Gasteiger partial charge in [-0.2, -0.15) is 0 Å². The van der Waals surface area contributed by atoms with Crippen LogP contribution in [0.3, 0.4) is 0 Å². The molecule has 0 saturated heterocycles. The van der Waals surface area contributed by atoms with Gasteiger partial charge in [0.1, 0.15) is 11.6 Å². The molecule has 0 radical (unpaired) electrons. The summed E-state index contributed by atoms with van der Waals surface area (Å²) in [6.07, 6.45) is 6.95. The Kier molecular flexibility index (Phi) is 5.91. The van der Waals surface area contributed by atoms with Gasteiger partial charge in [0.05, 0.1) is 16.2 Å². The van der Waals surface area contributed by atoms with E-state index in [2.05, 4.69) is 44.2 Å². The van der Waals surface area contributed by atoms with Crippen LogP contribution in [0.25, 0.3) is 10.9 Å². The summed E-state index contributed by atoms with van der Waals surface area (Å²) in [6.45, 7) is 2.07. The average Bonchev–Trinajstić information content (AvgIpc) is 3.45. The molecule has 0 aliphatic heterocycles. The molecule has 1 saturated carbocycles. The molecular weight excluding hydrogens is 426 g/mol. The van der Waals surface area contributed by atoms with Gasteiger partial charge < -0.3 is 9.55 Å². The Bertz CT molecular complexity index is 1220. The van der Waals surface area contributed by atoms with Crippen LogP contribution in [0.1, 0.15) is 66.8 Å². The van der Waals surface area contributed by atoms with Crippen LogP contribution in [0.5, 0.6) is 0 Å². The number of aromatic amines is 1. The molecule has 1 aromatic carbocycles. The molecule has 0 bridgehead atoms. The van der Waals surface area contributed by atoms with Crippen molar-refractivity contribution in [2.24, 2.45) is 0 Å². The van der Waals surface area contributed by atoms with E-state index in [1.54, 1.807) is 29.2 Å². The molecule has 0 amide bonds. The number of nitrogens with zero attached hydrogens (tertiary/aromatic N) is 4. The van der Waals surface area contributed by atoms with E-state index in [4.69, 9.17) is 4.98 Å². The molecule has 160 valence electrons. The number of hydrogen-bond acceptors (Lipinski definition) is 6. The SMILES string of the molecule is C[C@H](Sc1nnc(Cc2cccs2)n1C1CCCCC1)c1nc2ccccc2c(=O)[nH]1. The third-order valence-corrected chi connectivity index (χ3v) is 7.83. The molecular formula is C23H25N5OS2. The lowest BCUT2D eigenvalue weighted by atomic mass is 9.95. The normalized spacial score (nSPS) is 16.0. The van der Waals surface area contributed by atoms with Gasteiger partial charge in [-0.3, -0.25) is 4.79 Å². The van der Waals surface area contributed by atoms with Crippen LogP contribution in [-0.4, -0.2) is 24.7 Å². The zero-order valence-corrected chi connectivity index (χ0v) is 19.1. The molecule has 1 aliphatic carbocycles. The molecule has 3 aromatic heterocycles. The van der Waals surface area contributed by atoms with E-state index in [0.717, 1.165) is 22.9 Å². The van der Waals surface area contributed by atoms with Gasteiger partial charge in [-0.15, -0.1) is 21.5 Å². The van der Waals surface area contributed by atoms with Gasteiger partial charge in [0, 0.05) is 17.3 Å². The largest absolute Gasteiger partial charge is 0.309 e. The first-order valence-electron chi connectivity index (χ1n) is 10.8. The summed E-state index contributed by atoms with van der Waals surface area (Å²) in [5, 5.41) is 12.8. The van der Waals surface area contributed by atoms with Crippen molar-refractivity contribution in [3.8, 4) is 0 Å². The molecule has 1 aliphatic rings. The van der Waals surface area contributed by atoms with E-state index in [9.17, 15) is 4.79 Å². The second-order valence-electron chi connectivity index (χ2n) is 8.05. The van der Waals surface area contributed by atoms with Crippen LogP contribution in [0.4, 0.5) is 0 Å². The first-order valence-corrected chi connectivity index (χ1v) is 12.6. The highest BCUT2D eigenvalue weighted by atomic mass is 32.2. The second kappa shape index (κ2) is 8.96. The van der Waals surface area contributed by atoms with Crippen molar-refractivity contribution in [3.05, 3.63) is 68.7 Å². The Morgan fingerprint density at radius 1 is 1.16 bits per heavy atom. The van der Waals surface area contributed by atoms with E-state index >= 15 is 0 Å². The molecule has 8 heteroatoms. The van der Waals surface area contributed by atoms with Gasteiger partial charge >= 0.3 is 0 Å². The topological polar surface area (TPSA) is 76.5 Å². The van der Waals surface area contributed by atoms with Crippen LogP contribution in [0, 0.1) is 0 Å². The Morgan fingerprint density at radius 3 is 2.81 bits per heavy atom. The Labute approximate surface area is 189 Å². The first kappa shape index (κ1) is 20.5. The maximum Gasteiger partial charge on any atom is 0.258 e. The van der Waals surface area contributed by atoms with Crippen molar-refractivity contribution in [1.29, 1.82) is 0 Å². The molecule has 3 heterocycles. The maximum atomic E-state index is 12.5. The van der Waals surface area contributed by atoms with Crippen molar-refractivity contribution in [2.75, 3.05) is 0 Å². The highest BCUT2D eigenvalue weighted by Crippen LogP contribution is 2.38. The van der Waals surface area contributed by atoms with E-state index in [0.29, 0.717) is 17.3 Å². The third-order valence-electron chi connectivity index (χ3n) is 5.89. The number of thiophene rings is 1. The smallest absolute Gasteiger partial charge is 0.258 e. The third kappa shape index (κ3) is 4.32. The van der Waals surface area contributed by atoms with Gasteiger partial charge in [0.25, 0.3) is 5.56 Å². The van der Waals surface area contributed by atoms with Crippen LogP contribution in [-0.2, 0) is 6.42 Å². The lowest BCUT2D eigenvalue weighted by molar-refractivity contribution is 0.330. The van der Waals surface area contributed by atoms with Crippen molar-refractivity contribution < 1.29 is 0 Å². The van der Waals surface area contributed by atoms with Crippen LogP contribution >= 0.6 is 23.1 Å². The first-order chi connectivity index (χ1) is 15.2. The molecule has 1 N–H and O–H groups in total. The highest BCUT2D eigenvalue weighted by Gasteiger charge is 2.25. The van der Waals surface area contributed by atoms with Crippen LogP contribution in [0.2, 0.25) is 0 Å². The molecule has 1 atom stereocenters. The number of fused-ring (bicyclic) bond motifs is 1. The minimum absolute atomic E-state index is 0.0431. The number of hydrogen-bond donors (Lipinski definition) is 1. The molecule has 0 spiro atoms. The summed E-state index contributed by atoms with van der Waals surface area (Å²) >= 11 is 3.39. The summed E-state index contributed by atoms with van der Waals surface area (Å²) in [5.41, 5.74) is 0.626. The molecule has 0 unspecified atom stereocenters. The molecule has 1 fully saturated rings. The van der Waals surface area contributed by atoms with Crippen LogP contribution < -0.4 is 5.56 Å². The monoisotopic (exact) mass is 451 g/mol. The number of aromatic nitrogens is 5. The van der Waals surface area contributed by atoms with Gasteiger partial charge in [-0.05, 0) is 43.3 Å². The summed E-state index contributed by atoms with van der Waals surface area (Å²) in [5.74, 6) is 1.70. The van der Waals surface area contributed by atoms with E-state index in [1.807, 2.05) is 18.2 Å². The number of rotatable bonds is 6. The minimum atomic E-state index is -0.0971. The fourth-order valence-corrected chi connectivity index (χ4v) is 5.99. The maximum absolute atomic E-state index is 12.5. The van der Waals surface area contributed by atoms with Gasteiger partial charge in [-0.25, -0.2) is 4.98 Å². The Hall–Kier alpha value is -2.45. The zero-order valence-electron chi connectivity index (χ0n) is 17.5. The van der Waals surface area contributed by atoms with Crippen molar-refractivity contribution in [1.82, 2.24) is 24.7 Å². The number of thioether (sulfide) groups is 1. The lowest BCUT2D eigenvalue weighted by Gasteiger charge is -2.26. The fraction of sp³-hybridized carbons (Fsp3) is 0.391. The number of H-pyrrole nitrogens is 1. The quantitative estimate of drug-likeness (QED) is 0.390. The lowest BCUT2D eigenvalue weighted by Crippen LogP contribution is -2.17. The summed E-state index contributed by atoms with van der Waals surface area (Å²) < 4.78 is 2.36. The summed E-state index contributed by atoms with van der Waals surface area (Å²) in [4.78, 5) is 21.5. The standard InChI is InChI=1S/C23H25N5OS2/c1-15(21-24-19-12-6-5-11-18(19)22(29)25-21)31-23-27-26-20(14-17-10-7-13-30-17)28(23)16-8-3-2-4-9-16/h5-7,10-13,15-16H,2-4,8-9,14H2,1H3,(H,24,25,29)/t15-/m0/s1. The zero-order chi connectivity index (χ0) is 21.2. The van der Waals surface area contributed by atoms with E-state index < -0.39 is 0 Å². The average molecular weight is 452 g/mol. The minimum Gasteiger partial charge on any atom is -0.309 e. The predicted octanol–water partition coefficient (Wildman–Crippen LogP) is 5.53. The number of benzene rings is 1. The van der Waals surface area contributed by atoms with Crippen molar-refractivity contribution in [2.45, 2.75) is 61.9 Å². The van der Waals surface area contributed by atoms with Crippen molar-refractivity contribution >= 4 is 34.0 Å². The van der Waals surface area contributed by atoms with Gasteiger partial charge in [-0.1, -0.05) is 49.2 Å². The highest BCUT2D eigenvalue weighted by molar-refractivity contribution is 7.99. The number of nitrogens with one attached hydrogen (secondary N) is 1. The predicted molar refractivity (Wildman–Crippen MR) is 126 cm³/mol. The molecule has 4 aromatic rings. The van der Waals surface area contributed by atoms with Gasteiger partial charge in [0.2, 0.25) is 0 Å². The fourth-order valence-electron chi connectivity index (χ4n) is 4.29. The molecule has 5 rings (SSSR count).